The molecule has 1 aliphatic heterocycles. The Morgan fingerprint density at radius 1 is 1.22 bits per heavy atom. The first-order valence-corrected chi connectivity index (χ1v) is 11.5. The molecule has 0 spiro atoms. The number of likely N-dealkylation sites (tertiary alicyclic amines) is 1. The van der Waals surface area contributed by atoms with Gasteiger partial charge in [0.15, 0.2) is 0 Å². The highest BCUT2D eigenvalue weighted by Crippen LogP contribution is 2.30. The zero-order valence-electron chi connectivity index (χ0n) is 17.6. The SMILES string of the molecule is COc1ccc(CC(=O)N2CCC[C@H](c3nnc(C(=O)Nc4cccc(Cl)c4)s3)C2)cc1. The lowest BCUT2D eigenvalue weighted by molar-refractivity contribution is -0.131. The van der Waals surface area contributed by atoms with Crippen molar-refractivity contribution in [2.24, 2.45) is 0 Å². The van der Waals surface area contributed by atoms with Crippen LogP contribution in [0.2, 0.25) is 5.02 Å². The summed E-state index contributed by atoms with van der Waals surface area (Å²) in [4.78, 5) is 27.2. The molecule has 3 aromatic rings. The van der Waals surface area contributed by atoms with Crippen LogP contribution in [0, 0.1) is 0 Å². The van der Waals surface area contributed by atoms with Gasteiger partial charge in [-0.2, -0.15) is 0 Å². The Kier molecular flexibility index (Phi) is 7.02. The number of rotatable bonds is 6. The minimum absolute atomic E-state index is 0.0776. The van der Waals surface area contributed by atoms with Gasteiger partial charge in [0.1, 0.15) is 10.8 Å². The van der Waals surface area contributed by atoms with E-state index in [-0.39, 0.29) is 17.7 Å². The molecular formula is C23H23ClN4O3S. The number of ether oxygens (including phenoxy) is 1. The molecule has 1 aromatic heterocycles. The Labute approximate surface area is 195 Å². The van der Waals surface area contributed by atoms with Gasteiger partial charge in [-0.3, -0.25) is 9.59 Å². The fourth-order valence-corrected chi connectivity index (χ4v) is 4.73. The van der Waals surface area contributed by atoms with Crippen LogP contribution in [0.5, 0.6) is 5.75 Å². The molecule has 7 nitrogen and oxygen atoms in total. The summed E-state index contributed by atoms with van der Waals surface area (Å²) in [5.74, 6) is 0.613. The van der Waals surface area contributed by atoms with Crippen molar-refractivity contribution in [3.05, 3.63) is 69.1 Å². The van der Waals surface area contributed by atoms with E-state index in [1.165, 1.54) is 11.3 Å². The van der Waals surface area contributed by atoms with E-state index in [0.717, 1.165) is 35.7 Å². The Bertz CT molecular complexity index is 1100. The molecule has 0 unspecified atom stereocenters. The van der Waals surface area contributed by atoms with E-state index in [4.69, 9.17) is 16.3 Å². The van der Waals surface area contributed by atoms with Crippen molar-refractivity contribution >= 4 is 40.4 Å². The third-order valence-electron chi connectivity index (χ3n) is 5.36. The molecule has 1 fully saturated rings. The monoisotopic (exact) mass is 470 g/mol. The molecule has 1 N–H and O–H groups in total. The first-order valence-electron chi connectivity index (χ1n) is 10.3. The van der Waals surface area contributed by atoms with Crippen LogP contribution in [0.4, 0.5) is 5.69 Å². The molecular weight excluding hydrogens is 448 g/mol. The number of anilines is 1. The predicted molar refractivity (Wildman–Crippen MR) is 125 cm³/mol. The van der Waals surface area contributed by atoms with Gasteiger partial charge in [-0.25, -0.2) is 0 Å². The Morgan fingerprint density at radius 2 is 2.03 bits per heavy atom. The molecule has 166 valence electrons. The molecule has 32 heavy (non-hydrogen) atoms. The number of hydrogen-bond donors (Lipinski definition) is 1. The number of hydrogen-bond acceptors (Lipinski definition) is 6. The molecule has 0 saturated carbocycles. The summed E-state index contributed by atoms with van der Waals surface area (Å²) in [5, 5.41) is 12.7. The Balaban J connectivity index is 1.37. The van der Waals surface area contributed by atoms with E-state index < -0.39 is 0 Å². The maximum absolute atomic E-state index is 12.8. The molecule has 1 saturated heterocycles. The van der Waals surface area contributed by atoms with Crippen molar-refractivity contribution in [3.8, 4) is 5.75 Å². The largest absolute Gasteiger partial charge is 0.497 e. The number of aromatic nitrogens is 2. The standard InChI is InChI=1S/C23H23ClN4O3S/c1-31-19-9-7-15(8-10-19)12-20(29)28-11-3-4-16(14-28)22-26-27-23(32-22)21(30)25-18-6-2-5-17(24)13-18/h2,5-10,13,16H,3-4,11-12,14H2,1H3,(H,25,30)/t16-/m0/s1. The molecule has 1 atom stereocenters. The molecule has 2 heterocycles. The maximum atomic E-state index is 12.8. The number of piperidine rings is 1. The van der Waals surface area contributed by atoms with Crippen LogP contribution in [0.15, 0.2) is 48.5 Å². The minimum Gasteiger partial charge on any atom is -0.497 e. The smallest absolute Gasteiger partial charge is 0.286 e. The van der Waals surface area contributed by atoms with Gasteiger partial charge in [0.2, 0.25) is 10.9 Å². The summed E-state index contributed by atoms with van der Waals surface area (Å²) in [5.41, 5.74) is 1.56. The van der Waals surface area contributed by atoms with Crippen LogP contribution >= 0.6 is 22.9 Å². The van der Waals surface area contributed by atoms with E-state index in [2.05, 4.69) is 15.5 Å². The number of carbonyl (C=O) groups excluding carboxylic acids is 2. The van der Waals surface area contributed by atoms with Gasteiger partial charge in [0, 0.05) is 29.7 Å². The Hall–Kier alpha value is -2.97. The fraction of sp³-hybridized carbons (Fsp3) is 0.304. The highest BCUT2D eigenvalue weighted by Gasteiger charge is 2.28. The molecule has 0 bridgehead atoms. The quantitative estimate of drug-likeness (QED) is 0.577. The summed E-state index contributed by atoms with van der Waals surface area (Å²) < 4.78 is 5.17. The van der Waals surface area contributed by atoms with E-state index in [1.54, 1.807) is 31.4 Å². The van der Waals surface area contributed by atoms with Crippen molar-refractivity contribution in [1.29, 1.82) is 0 Å². The van der Waals surface area contributed by atoms with Gasteiger partial charge >= 0.3 is 0 Å². The van der Waals surface area contributed by atoms with Gasteiger partial charge < -0.3 is 15.0 Å². The second-order valence-corrected chi connectivity index (χ2v) is 9.06. The van der Waals surface area contributed by atoms with Gasteiger partial charge in [-0.15, -0.1) is 10.2 Å². The van der Waals surface area contributed by atoms with Crippen LogP contribution in [0.25, 0.3) is 0 Å². The lowest BCUT2D eigenvalue weighted by atomic mass is 9.98. The fourth-order valence-electron chi connectivity index (χ4n) is 3.68. The third-order valence-corrected chi connectivity index (χ3v) is 6.67. The predicted octanol–water partition coefficient (Wildman–Crippen LogP) is 4.40. The van der Waals surface area contributed by atoms with E-state index in [1.807, 2.05) is 29.2 Å². The molecule has 2 aromatic carbocycles. The van der Waals surface area contributed by atoms with Crippen LogP contribution in [0.3, 0.4) is 0 Å². The average molecular weight is 471 g/mol. The van der Waals surface area contributed by atoms with Gasteiger partial charge in [-0.1, -0.05) is 41.1 Å². The molecule has 4 rings (SSSR count). The van der Waals surface area contributed by atoms with Crippen LogP contribution in [-0.4, -0.2) is 47.1 Å². The number of benzene rings is 2. The van der Waals surface area contributed by atoms with Crippen LogP contribution in [-0.2, 0) is 11.2 Å². The zero-order valence-corrected chi connectivity index (χ0v) is 19.2. The van der Waals surface area contributed by atoms with Crippen molar-refractivity contribution in [2.75, 3.05) is 25.5 Å². The topological polar surface area (TPSA) is 84.4 Å². The highest BCUT2D eigenvalue weighted by molar-refractivity contribution is 7.13. The summed E-state index contributed by atoms with van der Waals surface area (Å²) in [7, 11) is 1.62. The summed E-state index contributed by atoms with van der Waals surface area (Å²) >= 11 is 7.24. The third kappa shape index (κ3) is 5.44. The molecule has 2 amide bonds. The van der Waals surface area contributed by atoms with E-state index in [9.17, 15) is 9.59 Å². The van der Waals surface area contributed by atoms with Gasteiger partial charge in [0.05, 0.1) is 13.5 Å². The van der Waals surface area contributed by atoms with Crippen molar-refractivity contribution in [3.63, 3.8) is 0 Å². The van der Waals surface area contributed by atoms with E-state index >= 15 is 0 Å². The van der Waals surface area contributed by atoms with Crippen LogP contribution < -0.4 is 10.1 Å². The molecule has 0 radical (unpaired) electrons. The number of nitrogens with zero attached hydrogens (tertiary/aromatic N) is 3. The lowest BCUT2D eigenvalue weighted by Crippen LogP contribution is -2.39. The summed E-state index contributed by atoms with van der Waals surface area (Å²) in [6.45, 7) is 1.31. The first kappa shape index (κ1) is 22.2. The number of carbonyl (C=O) groups is 2. The number of nitrogens with one attached hydrogen (secondary N) is 1. The average Bonchev–Trinajstić information content (AvgIpc) is 3.30. The first-order chi connectivity index (χ1) is 15.5. The van der Waals surface area contributed by atoms with Crippen molar-refractivity contribution < 1.29 is 14.3 Å². The van der Waals surface area contributed by atoms with Crippen LogP contribution in [0.1, 0.15) is 39.1 Å². The summed E-state index contributed by atoms with van der Waals surface area (Å²) in [6, 6.07) is 14.5. The molecule has 9 heteroatoms. The summed E-state index contributed by atoms with van der Waals surface area (Å²) in [6.07, 6.45) is 2.15. The number of amides is 2. The lowest BCUT2D eigenvalue weighted by Gasteiger charge is -2.31. The molecule has 0 aliphatic carbocycles. The number of halogens is 1. The number of methoxy groups -OCH3 is 1. The second-order valence-electron chi connectivity index (χ2n) is 7.61. The van der Waals surface area contributed by atoms with Gasteiger partial charge in [-0.05, 0) is 48.7 Å². The van der Waals surface area contributed by atoms with E-state index in [0.29, 0.717) is 28.7 Å². The maximum Gasteiger partial charge on any atom is 0.286 e. The minimum atomic E-state index is -0.320. The second kappa shape index (κ2) is 10.1. The zero-order chi connectivity index (χ0) is 22.5. The Morgan fingerprint density at radius 3 is 2.78 bits per heavy atom. The van der Waals surface area contributed by atoms with Crippen molar-refractivity contribution in [2.45, 2.75) is 25.2 Å². The van der Waals surface area contributed by atoms with Crippen molar-refractivity contribution in [1.82, 2.24) is 15.1 Å². The molecule has 1 aliphatic rings. The highest BCUT2D eigenvalue weighted by atomic mass is 35.5. The van der Waals surface area contributed by atoms with Gasteiger partial charge in [0.25, 0.3) is 5.91 Å². The normalized spacial score (nSPS) is 15.9.